The molecular weight excluding hydrogens is 348 g/mol. The highest BCUT2D eigenvalue weighted by atomic mass is 32.2. The fraction of sp³-hybridized carbons (Fsp3) is 0.350. The van der Waals surface area contributed by atoms with E-state index in [-0.39, 0.29) is 17.3 Å². The molecule has 0 atom stereocenters. The summed E-state index contributed by atoms with van der Waals surface area (Å²) in [6.45, 7) is 7.35. The van der Waals surface area contributed by atoms with Gasteiger partial charge < -0.3 is 5.32 Å². The van der Waals surface area contributed by atoms with Gasteiger partial charge in [-0.1, -0.05) is 43.3 Å². The van der Waals surface area contributed by atoms with Crippen molar-refractivity contribution in [2.45, 2.75) is 44.6 Å². The Hall–Kier alpha value is -2.34. The Morgan fingerprint density at radius 1 is 1.04 bits per heavy atom. The molecule has 0 aliphatic rings. The Labute approximate surface area is 156 Å². The normalized spacial score (nSPS) is 11.8. The van der Waals surface area contributed by atoms with Crippen molar-refractivity contribution in [2.24, 2.45) is 0 Å². The third kappa shape index (κ3) is 4.64. The molecule has 0 fully saturated rings. The maximum absolute atomic E-state index is 13.2. The van der Waals surface area contributed by atoms with Crippen LogP contribution in [0.25, 0.3) is 0 Å². The van der Waals surface area contributed by atoms with E-state index in [0.29, 0.717) is 5.69 Å². The molecule has 26 heavy (non-hydrogen) atoms. The Morgan fingerprint density at radius 2 is 1.62 bits per heavy atom. The average Bonchev–Trinajstić information content (AvgIpc) is 2.61. The molecule has 0 heterocycles. The van der Waals surface area contributed by atoms with Crippen molar-refractivity contribution >= 4 is 21.6 Å². The molecule has 0 bridgehead atoms. The fourth-order valence-electron chi connectivity index (χ4n) is 2.50. The lowest BCUT2D eigenvalue weighted by molar-refractivity contribution is -0.121. The number of benzene rings is 2. The number of aryl methyl sites for hydroxylation is 1. The van der Waals surface area contributed by atoms with Crippen molar-refractivity contribution in [3.05, 3.63) is 60.2 Å². The van der Waals surface area contributed by atoms with Gasteiger partial charge in [0.15, 0.2) is 0 Å². The third-order valence-electron chi connectivity index (χ3n) is 4.36. The highest BCUT2D eigenvalue weighted by Gasteiger charge is 2.29. The summed E-state index contributed by atoms with van der Waals surface area (Å²) in [4.78, 5) is 12.7. The van der Waals surface area contributed by atoms with Crippen LogP contribution in [0, 0.1) is 6.92 Å². The number of rotatable bonds is 7. The summed E-state index contributed by atoms with van der Waals surface area (Å²) >= 11 is 0. The molecule has 0 radical (unpaired) electrons. The molecule has 2 aromatic rings. The SMILES string of the molecule is CCC(C)(C)NC(=O)CN(c1ccccc1C)S(=O)(=O)c1ccccc1. The van der Waals surface area contributed by atoms with Gasteiger partial charge >= 0.3 is 0 Å². The van der Waals surface area contributed by atoms with E-state index < -0.39 is 15.6 Å². The Morgan fingerprint density at radius 3 is 2.19 bits per heavy atom. The zero-order valence-corrected chi connectivity index (χ0v) is 16.5. The van der Waals surface area contributed by atoms with Gasteiger partial charge in [-0.05, 0) is 51.0 Å². The van der Waals surface area contributed by atoms with Crippen LogP contribution >= 0.6 is 0 Å². The van der Waals surface area contributed by atoms with E-state index in [1.165, 1.54) is 16.4 Å². The van der Waals surface area contributed by atoms with Crippen LogP contribution in [0.5, 0.6) is 0 Å². The first-order valence-electron chi connectivity index (χ1n) is 8.62. The molecule has 1 amide bonds. The van der Waals surface area contributed by atoms with E-state index in [0.717, 1.165) is 12.0 Å². The minimum atomic E-state index is -3.86. The molecule has 0 aliphatic carbocycles. The van der Waals surface area contributed by atoms with Gasteiger partial charge in [0.2, 0.25) is 5.91 Å². The van der Waals surface area contributed by atoms with E-state index in [2.05, 4.69) is 5.32 Å². The number of nitrogens with zero attached hydrogens (tertiary/aromatic N) is 1. The van der Waals surface area contributed by atoms with E-state index in [9.17, 15) is 13.2 Å². The second kappa shape index (κ2) is 7.91. The molecule has 0 saturated carbocycles. The number of hydrogen-bond acceptors (Lipinski definition) is 3. The second-order valence-electron chi connectivity index (χ2n) is 6.90. The summed E-state index contributed by atoms with van der Waals surface area (Å²) in [5.74, 6) is -0.334. The lowest BCUT2D eigenvalue weighted by Crippen LogP contribution is -2.48. The van der Waals surface area contributed by atoms with Gasteiger partial charge in [0.05, 0.1) is 10.6 Å². The molecular formula is C20H26N2O3S. The van der Waals surface area contributed by atoms with E-state index in [1.807, 2.05) is 39.8 Å². The maximum Gasteiger partial charge on any atom is 0.264 e. The molecule has 6 heteroatoms. The molecule has 5 nitrogen and oxygen atoms in total. The summed E-state index contributed by atoms with van der Waals surface area (Å²) in [5.41, 5.74) is 0.890. The van der Waals surface area contributed by atoms with Gasteiger partial charge in [0.25, 0.3) is 10.0 Å². The van der Waals surface area contributed by atoms with Crippen LogP contribution in [0.2, 0.25) is 0 Å². The lowest BCUT2D eigenvalue weighted by Gasteiger charge is -2.29. The van der Waals surface area contributed by atoms with E-state index >= 15 is 0 Å². The van der Waals surface area contributed by atoms with Crippen molar-refractivity contribution in [3.8, 4) is 0 Å². The van der Waals surface area contributed by atoms with Crippen molar-refractivity contribution in [2.75, 3.05) is 10.8 Å². The molecule has 0 aliphatic heterocycles. The monoisotopic (exact) mass is 374 g/mol. The van der Waals surface area contributed by atoms with Crippen LogP contribution in [0.15, 0.2) is 59.5 Å². The van der Waals surface area contributed by atoms with Gasteiger partial charge in [0, 0.05) is 5.54 Å². The van der Waals surface area contributed by atoms with Crippen LogP contribution in [0.1, 0.15) is 32.8 Å². The zero-order chi connectivity index (χ0) is 19.4. The van der Waals surface area contributed by atoms with Gasteiger partial charge in [-0.2, -0.15) is 0 Å². The molecule has 2 rings (SSSR count). The molecule has 0 saturated heterocycles. The predicted molar refractivity (Wildman–Crippen MR) is 105 cm³/mol. The first-order valence-corrected chi connectivity index (χ1v) is 10.1. The maximum atomic E-state index is 13.2. The lowest BCUT2D eigenvalue weighted by atomic mass is 10.0. The number of hydrogen-bond donors (Lipinski definition) is 1. The van der Waals surface area contributed by atoms with Crippen LogP contribution in [-0.4, -0.2) is 26.4 Å². The number of sulfonamides is 1. The average molecular weight is 375 g/mol. The first-order chi connectivity index (χ1) is 12.2. The van der Waals surface area contributed by atoms with Gasteiger partial charge in [0.1, 0.15) is 6.54 Å². The largest absolute Gasteiger partial charge is 0.350 e. The third-order valence-corrected chi connectivity index (χ3v) is 6.14. The Balaban J connectivity index is 2.44. The first kappa shape index (κ1) is 20.0. The quantitative estimate of drug-likeness (QED) is 0.807. The number of anilines is 1. The van der Waals surface area contributed by atoms with Crippen LogP contribution in [0.3, 0.4) is 0 Å². The summed E-state index contributed by atoms with van der Waals surface area (Å²) < 4.78 is 27.6. The van der Waals surface area contributed by atoms with Crippen molar-refractivity contribution in [1.82, 2.24) is 5.32 Å². The highest BCUT2D eigenvalue weighted by Crippen LogP contribution is 2.26. The zero-order valence-electron chi connectivity index (χ0n) is 15.7. The molecule has 0 unspecified atom stereocenters. The van der Waals surface area contributed by atoms with Gasteiger partial charge in [-0.15, -0.1) is 0 Å². The summed E-state index contributed by atoms with van der Waals surface area (Å²) in [7, 11) is -3.86. The predicted octanol–water partition coefficient (Wildman–Crippen LogP) is 3.50. The highest BCUT2D eigenvalue weighted by molar-refractivity contribution is 7.92. The number of nitrogens with one attached hydrogen (secondary N) is 1. The fourth-order valence-corrected chi connectivity index (χ4v) is 4.00. The summed E-state index contributed by atoms with van der Waals surface area (Å²) in [5, 5.41) is 2.90. The number of amides is 1. The minimum Gasteiger partial charge on any atom is -0.350 e. The van der Waals surface area contributed by atoms with E-state index in [1.54, 1.807) is 30.3 Å². The topological polar surface area (TPSA) is 66.5 Å². The minimum absolute atomic E-state index is 0.158. The Bertz CT molecular complexity index is 862. The second-order valence-corrected chi connectivity index (χ2v) is 8.76. The summed E-state index contributed by atoms with van der Waals surface area (Å²) in [6, 6.07) is 15.3. The van der Waals surface area contributed by atoms with Gasteiger partial charge in [-0.3, -0.25) is 9.10 Å². The molecule has 0 aromatic heterocycles. The standard InChI is InChI=1S/C20H26N2O3S/c1-5-20(3,4)21-19(23)15-22(18-14-10-9-11-16(18)2)26(24,25)17-12-7-6-8-13-17/h6-14H,5,15H2,1-4H3,(H,21,23). The number of carbonyl (C=O) groups excluding carboxylic acids is 1. The van der Waals surface area contributed by atoms with Crippen molar-refractivity contribution in [1.29, 1.82) is 0 Å². The molecule has 140 valence electrons. The summed E-state index contributed by atoms with van der Waals surface area (Å²) in [6.07, 6.45) is 0.745. The smallest absolute Gasteiger partial charge is 0.264 e. The Kier molecular flexibility index (Phi) is 6.08. The van der Waals surface area contributed by atoms with Crippen LogP contribution in [-0.2, 0) is 14.8 Å². The number of para-hydroxylation sites is 1. The van der Waals surface area contributed by atoms with Gasteiger partial charge in [-0.25, -0.2) is 8.42 Å². The van der Waals surface area contributed by atoms with Crippen molar-refractivity contribution < 1.29 is 13.2 Å². The van der Waals surface area contributed by atoms with E-state index in [4.69, 9.17) is 0 Å². The molecule has 1 N–H and O–H groups in total. The molecule has 2 aromatic carbocycles. The molecule has 0 spiro atoms. The van der Waals surface area contributed by atoms with Crippen LogP contribution < -0.4 is 9.62 Å². The number of carbonyl (C=O) groups is 1. The van der Waals surface area contributed by atoms with Crippen molar-refractivity contribution in [3.63, 3.8) is 0 Å². The van der Waals surface area contributed by atoms with Crippen LogP contribution in [0.4, 0.5) is 5.69 Å².